The molecule has 1 nitrogen and oxygen atoms in total. The highest BCUT2D eigenvalue weighted by Gasteiger charge is 2.59. The summed E-state index contributed by atoms with van der Waals surface area (Å²) in [6.07, 6.45) is 0. The number of nitrogens with zero attached hydrogens (tertiary/aromatic N) is 1. The molecule has 21 heavy (non-hydrogen) atoms. The van der Waals surface area contributed by atoms with E-state index in [4.69, 9.17) is 34.8 Å². The molecule has 3 rings (SSSR count). The molecule has 0 bridgehead atoms. The molecule has 2 aromatic carbocycles. The molecule has 4 heteroatoms. The zero-order valence-electron chi connectivity index (χ0n) is 11.6. The smallest absolute Gasteiger partial charge is 0.157 e. The molecule has 110 valence electrons. The average molecular weight is 341 g/mol. The quantitative estimate of drug-likeness (QED) is 0.654. The molecule has 1 heterocycles. The van der Waals surface area contributed by atoms with Crippen molar-refractivity contribution in [2.24, 2.45) is 0 Å². The second-order valence-electron chi connectivity index (χ2n) is 5.27. The van der Waals surface area contributed by atoms with E-state index in [-0.39, 0.29) is 12.1 Å². The molecular formula is C17H16Cl3N. The first-order chi connectivity index (χ1) is 10.1. The summed E-state index contributed by atoms with van der Waals surface area (Å²) < 4.78 is -0.842. The van der Waals surface area contributed by atoms with Crippen LogP contribution in [0.15, 0.2) is 54.6 Å². The van der Waals surface area contributed by atoms with Gasteiger partial charge in [-0.15, -0.1) is 0 Å². The van der Waals surface area contributed by atoms with E-state index in [1.54, 1.807) is 0 Å². The van der Waals surface area contributed by atoms with E-state index >= 15 is 0 Å². The van der Waals surface area contributed by atoms with Crippen molar-refractivity contribution in [3.63, 3.8) is 0 Å². The number of alkyl halides is 2. The monoisotopic (exact) mass is 339 g/mol. The molecule has 2 atom stereocenters. The van der Waals surface area contributed by atoms with Gasteiger partial charge in [0.1, 0.15) is 0 Å². The Balaban J connectivity index is 1.95. The van der Waals surface area contributed by atoms with E-state index in [0.29, 0.717) is 0 Å². The summed E-state index contributed by atoms with van der Waals surface area (Å²) in [5.41, 5.74) is 2.24. The van der Waals surface area contributed by atoms with Crippen molar-refractivity contribution in [1.29, 1.82) is 0 Å². The SMILES string of the molecule is CCN1[C@@H](c2ccccc2)C(Cl)(Cl)[C@H]1c1ccc(Cl)cc1. The number of rotatable bonds is 3. The van der Waals surface area contributed by atoms with Gasteiger partial charge in [-0.2, -0.15) is 0 Å². The molecule has 1 aliphatic rings. The molecule has 0 unspecified atom stereocenters. The predicted molar refractivity (Wildman–Crippen MR) is 90.2 cm³/mol. The highest BCUT2D eigenvalue weighted by Crippen LogP contribution is 2.61. The second kappa shape index (κ2) is 5.81. The fourth-order valence-corrected chi connectivity index (χ4v) is 4.26. The van der Waals surface area contributed by atoms with Crippen molar-refractivity contribution in [2.45, 2.75) is 23.3 Å². The molecule has 1 saturated heterocycles. The van der Waals surface area contributed by atoms with Crippen LogP contribution in [0.2, 0.25) is 5.02 Å². The first-order valence-corrected chi connectivity index (χ1v) is 8.13. The summed E-state index contributed by atoms with van der Waals surface area (Å²) in [6.45, 7) is 3.01. The third kappa shape index (κ3) is 2.57. The highest BCUT2D eigenvalue weighted by molar-refractivity contribution is 6.50. The molecule has 1 fully saturated rings. The molecular weight excluding hydrogens is 325 g/mol. The number of benzene rings is 2. The maximum atomic E-state index is 6.71. The van der Waals surface area contributed by atoms with E-state index in [2.05, 4.69) is 24.0 Å². The van der Waals surface area contributed by atoms with E-state index < -0.39 is 4.33 Å². The summed E-state index contributed by atoms with van der Waals surface area (Å²) in [5, 5.41) is 0.718. The van der Waals surface area contributed by atoms with Gasteiger partial charge in [0, 0.05) is 5.02 Å². The Hall–Kier alpha value is -0.730. The van der Waals surface area contributed by atoms with E-state index in [1.165, 1.54) is 0 Å². The van der Waals surface area contributed by atoms with Gasteiger partial charge in [-0.05, 0) is 29.8 Å². The van der Waals surface area contributed by atoms with Crippen LogP contribution >= 0.6 is 34.8 Å². The lowest BCUT2D eigenvalue weighted by molar-refractivity contribution is 0.00369. The molecule has 0 N–H and O–H groups in total. The first-order valence-electron chi connectivity index (χ1n) is 6.99. The Morgan fingerprint density at radius 1 is 0.905 bits per heavy atom. The van der Waals surface area contributed by atoms with E-state index in [0.717, 1.165) is 22.7 Å². The fourth-order valence-electron chi connectivity index (χ4n) is 3.13. The van der Waals surface area contributed by atoms with Crippen LogP contribution in [0.25, 0.3) is 0 Å². The first kappa shape index (κ1) is 15.2. The topological polar surface area (TPSA) is 3.24 Å². The maximum Gasteiger partial charge on any atom is 0.157 e. The van der Waals surface area contributed by atoms with E-state index in [1.807, 2.05) is 42.5 Å². The summed E-state index contributed by atoms with van der Waals surface area (Å²) >= 11 is 19.4. The van der Waals surface area contributed by atoms with Crippen molar-refractivity contribution in [3.05, 3.63) is 70.7 Å². The molecule has 0 radical (unpaired) electrons. The minimum Gasteiger partial charge on any atom is -0.284 e. The second-order valence-corrected chi connectivity index (χ2v) is 7.15. The van der Waals surface area contributed by atoms with Gasteiger partial charge in [0.15, 0.2) is 4.33 Å². The highest BCUT2D eigenvalue weighted by atomic mass is 35.5. The number of hydrogen-bond acceptors (Lipinski definition) is 1. The van der Waals surface area contributed by atoms with Crippen LogP contribution in [0, 0.1) is 0 Å². The van der Waals surface area contributed by atoms with Gasteiger partial charge >= 0.3 is 0 Å². The number of hydrogen-bond donors (Lipinski definition) is 0. The van der Waals surface area contributed by atoms with Gasteiger partial charge in [-0.1, -0.05) is 84.2 Å². The minimum absolute atomic E-state index is 0.00714. The van der Waals surface area contributed by atoms with Gasteiger partial charge in [0.25, 0.3) is 0 Å². The van der Waals surface area contributed by atoms with Gasteiger partial charge in [-0.3, -0.25) is 4.90 Å². The zero-order chi connectivity index (χ0) is 15.0. The molecule has 0 spiro atoms. The average Bonchev–Trinajstić information content (AvgIpc) is 2.48. The molecule has 0 aliphatic carbocycles. The van der Waals surface area contributed by atoms with Crippen LogP contribution in [-0.2, 0) is 0 Å². The van der Waals surface area contributed by atoms with E-state index in [9.17, 15) is 0 Å². The molecule has 2 aromatic rings. The summed E-state index contributed by atoms with van der Waals surface area (Å²) in [7, 11) is 0. The minimum atomic E-state index is -0.842. The van der Waals surface area contributed by atoms with Crippen LogP contribution in [0.3, 0.4) is 0 Å². The van der Waals surface area contributed by atoms with Crippen molar-refractivity contribution < 1.29 is 0 Å². The fraction of sp³-hybridized carbons (Fsp3) is 0.294. The predicted octanol–water partition coefficient (Wildman–Crippen LogP) is 5.63. The summed E-state index contributed by atoms with van der Waals surface area (Å²) in [4.78, 5) is 2.32. The Bertz CT molecular complexity index is 610. The number of likely N-dealkylation sites (tertiary alicyclic amines) is 1. The lowest BCUT2D eigenvalue weighted by Gasteiger charge is -2.57. The molecule has 0 aromatic heterocycles. The van der Waals surface area contributed by atoms with Crippen molar-refractivity contribution in [2.75, 3.05) is 6.54 Å². The third-order valence-corrected chi connectivity index (χ3v) is 5.14. The third-order valence-electron chi connectivity index (χ3n) is 4.06. The normalized spacial score (nSPS) is 24.6. The standard InChI is InChI=1S/C17H16Cl3N/c1-2-21-15(12-6-4-3-5-7-12)17(19,20)16(21)13-8-10-14(18)11-9-13/h3-11,15-16H,2H2,1H3/t15-,16+/m0/s1. The molecule has 1 aliphatic heterocycles. The van der Waals surface area contributed by atoms with Crippen LogP contribution in [0.1, 0.15) is 30.1 Å². The lowest BCUT2D eigenvalue weighted by Crippen LogP contribution is -2.59. The Labute approximate surface area is 140 Å². The Morgan fingerprint density at radius 3 is 1.95 bits per heavy atom. The van der Waals surface area contributed by atoms with Crippen molar-refractivity contribution in [3.8, 4) is 0 Å². The van der Waals surface area contributed by atoms with Gasteiger partial charge < -0.3 is 0 Å². The van der Waals surface area contributed by atoms with Gasteiger partial charge in [0.2, 0.25) is 0 Å². The van der Waals surface area contributed by atoms with Gasteiger partial charge in [0.05, 0.1) is 12.1 Å². The van der Waals surface area contributed by atoms with Crippen molar-refractivity contribution >= 4 is 34.8 Å². The summed E-state index contributed by atoms with van der Waals surface area (Å²) in [5.74, 6) is 0. The summed E-state index contributed by atoms with van der Waals surface area (Å²) in [6, 6.07) is 17.9. The maximum absolute atomic E-state index is 6.71. The van der Waals surface area contributed by atoms with Crippen LogP contribution in [0.4, 0.5) is 0 Å². The van der Waals surface area contributed by atoms with Crippen LogP contribution < -0.4 is 0 Å². The van der Waals surface area contributed by atoms with Crippen LogP contribution in [-0.4, -0.2) is 15.8 Å². The zero-order valence-corrected chi connectivity index (χ0v) is 13.9. The van der Waals surface area contributed by atoms with Gasteiger partial charge in [-0.25, -0.2) is 0 Å². The number of halogens is 3. The molecule has 0 saturated carbocycles. The largest absolute Gasteiger partial charge is 0.284 e. The van der Waals surface area contributed by atoms with Crippen LogP contribution in [0.5, 0.6) is 0 Å². The Kier molecular flexibility index (Phi) is 4.20. The lowest BCUT2D eigenvalue weighted by atomic mass is 9.82. The Morgan fingerprint density at radius 2 is 1.43 bits per heavy atom. The molecule has 0 amide bonds. The van der Waals surface area contributed by atoms with Crippen molar-refractivity contribution in [1.82, 2.24) is 4.90 Å².